The number of aromatic nitrogens is 3. The van der Waals surface area contributed by atoms with Crippen molar-refractivity contribution in [3.63, 3.8) is 0 Å². The Morgan fingerprint density at radius 1 is 1.12 bits per heavy atom. The zero-order valence-electron chi connectivity index (χ0n) is 23.5. The van der Waals surface area contributed by atoms with Crippen molar-refractivity contribution < 1.29 is 13.2 Å². The van der Waals surface area contributed by atoms with E-state index in [1.807, 2.05) is 6.07 Å². The third-order valence-corrected chi connectivity index (χ3v) is 9.97. The van der Waals surface area contributed by atoms with Gasteiger partial charge in [0, 0.05) is 49.2 Å². The third-order valence-electron chi connectivity index (χ3n) is 7.28. The van der Waals surface area contributed by atoms with Gasteiger partial charge in [-0.1, -0.05) is 45.0 Å². The fourth-order valence-corrected chi connectivity index (χ4v) is 6.93. The molecule has 1 aromatic carbocycles. The predicted octanol–water partition coefficient (Wildman–Crippen LogP) is 4.59. The summed E-state index contributed by atoms with van der Waals surface area (Å²) in [7, 11) is -1.59. The van der Waals surface area contributed by atoms with Crippen LogP contribution in [0.15, 0.2) is 70.6 Å². The van der Waals surface area contributed by atoms with Crippen LogP contribution in [0.3, 0.4) is 0 Å². The number of carbonyl (C=O) groups is 1. The summed E-state index contributed by atoms with van der Waals surface area (Å²) in [5.74, 6) is 0.0798. The number of thiazole rings is 1. The van der Waals surface area contributed by atoms with Gasteiger partial charge >= 0.3 is 0 Å². The molecule has 214 valence electrons. The van der Waals surface area contributed by atoms with Crippen molar-refractivity contribution in [2.45, 2.75) is 51.2 Å². The second-order valence-corrected chi connectivity index (χ2v) is 14.0. The second kappa shape index (κ2) is 11.7. The molecular formula is C30H33N5O4S2. The Kier molecular flexibility index (Phi) is 8.21. The topological polar surface area (TPSA) is 114 Å². The molecular weight excluding hydrogens is 558 g/mol. The van der Waals surface area contributed by atoms with Gasteiger partial charge in [-0.25, -0.2) is 13.4 Å². The van der Waals surface area contributed by atoms with Crippen LogP contribution in [0.1, 0.15) is 48.6 Å². The van der Waals surface area contributed by atoms with Gasteiger partial charge in [0.2, 0.25) is 5.91 Å². The number of anilines is 1. The first-order valence-corrected chi connectivity index (χ1v) is 16.0. The van der Waals surface area contributed by atoms with Gasteiger partial charge in [-0.2, -0.15) is 0 Å². The van der Waals surface area contributed by atoms with Crippen LogP contribution in [-0.2, 0) is 41.2 Å². The number of hydrogen-bond acceptors (Lipinski definition) is 8. The molecule has 0 saturated carbocycles. The van der Waals surface area contributed by atoms with Crippen LogP contribution in [0.2, 0.25) is 0 Å². The molecule has 41 heavy (non-hydrogen) atoms. The second-order valence-electron chi connectivity index (χ2n) is 10.6. The lowest BCUT2D eigenvalue weighted by Crippen LogP contribution is -2.26. The zero-order chi connectivity index (χ0) is 29.3. The molecule has 0 saturated heterocycles. The maximum absolute atomic E-state index is 12.7. The number of hydrogen-bond donors (Lipinski definition) is 1. The fourth-order valence-electron chi connectivity index (χ4n) is 5.07. The average molecular weight is 592 g/mol. The number of sulfone groups is 1. The van der Waals surface area contributed by atoms with E-state index in [-0.39, 0.29) is 34.6 Å². The number of pyridine rings is 2. The van der Waals surface area contributed by atoms with E-state index in [0.29, 0.717) is 16.7 Å². The minimum Gasteiger partial charge on any atom is -0.319 e. The Balaban J connectivity index is 1.23. The number of nitrogens with one attached hydrogen (secondary N) is 1. The molecule has 0 spiro atoms. The van der Waals surface area contributed by atoms with E-state index in [4.69, 9.17) is 4.98 Å². The number of carbonyl (C=O) groups excluding carboxylic acids is 1. The molecule has 1 aliphatic heterocycles. The zero-order valence-corrected chi connectivity index (χ0v) is 25.1. The highest BCUT2D eigenvalue weighted by atomic mass is 32.2. The van der Waals surface area contributed by atoms with E-state index in [1.165, 1.54) is 29.2 Å². The number of fused-ring (bicyclic) bond motifs is 1. The Hall–Kier alpha value is -3.67. The van der Waals surface area contributed by atoms with Gasteiger partial charge in [0.25, 0.3) is 5.56 Å². The molecule has 1 atom stereocenters. The van der Waals surface area contributed by atoms with E-state index in [9.17, 15) is 18.0 Å². The van der Waals surface area contributed by atoms with Crippen molar-refractivity contribution in [1.29, 1.82) is 0 Å². The van der Waals surface area contributed by atoms with E-state index in [1.54, 1.807) is 36.9 Å². The first-order chi connectivity index (χ1) is 19.5. The molecule has 1 amide bonds. The Bertz CT molecular complexity index is 1730. The number of benzene rings is 1. The minimum absolute atomic E-state index is 0.00189. The van der Waals surface area contributed by atoms with E-state index < -0.39 is 9.84 Å². The molecule has 3 aromatic heterocycles. The molecule has 1 N–H and O–H groups in total. The summed E-state index contributed by atoms with van der Waals surface area (Å²) < 4.78 is 25.5. The summed E-state index contributed by atoms with van der Waals surface area (Å²) in [4.78, 5) is 37.4. The number of amides is 1. The summed E-state index contributed by atoms with van der Waals surface area (Å²) in [5.41, 5.74) is 4.55. The first-order valence-electron chi connectivity index (χ1n) is 13.5. The van der Waals surface area contributed by atoms with Crippen LogP contribution >= 0.6 is 11.3 Å². The molecule has 11 heteroatoms. The lowest BCUT2D eigenvalue weighted by Gasteiger charge is -2.27. The van der Waals surface area contributed by atoms with Gasteiger partial charge in [-0.3, -0.25) is 19.5 Å². The molecule has 0 aliphatic carbocycles. The van der Waals surface area contributed by atoms with Crippen molar-refractivity contribution in [1.82, 2.24) is 19.4 Å². The molecule has 0 radical (unpaired) electrons. The summed E-state index contributed by atoms with van der Waals surface area (Å²) in [6.45, 7) is 7.45. The van der Waals surface area contributed by atoms with Crippen LogP contribution in [0.5, 0.6) is 0 Å². The van der Waals surface area contributed by atoms with Gasteiger partial charge in [0.05, 0.1) is 28.8 Å². The molecule has 0 bridgehead atoms. The van der Waals surface area contributed by atoms with Crippen molar-refractivity contribution >= 4 is 32.2 Å². The molecule has 4 aromatic rings. The maximum Gasteiger partial charge on any atom is 0.250 e. The monoisotopic (exact) mass is 591 g/mol. The molecule has 5 rings (SSSR count). The fraction of sp³-hybridized carbons (Fsp3) is 0.333. The minimum atomic E-state index is -3.33. The van der Waals surface area contributed by atoms with Crippen molar-refractivity contribution in [3.8, 4) is 11.1 Å². The molecule has 0 unspecified atom stereocenters. The van der Waals surface area contributed by atoms with Crippen molar-refractivity contribution in [2.24, 2.45) is 13.0 Å². The van der Waals surface area contributed by atoms with Crippen LogP contribution in [0.25, 0.3) is 11.1 Å². The van der Waals surface area contributed by atoms with E-state index >= 15 is 0 Å². The number of rotatable bonds is 9. The van der Waals surface area contributed by atoms with Gasteiger partial charge in [-0.15, -0.1) is 11.3 Å². The smallest absolute Gasteiger partial charge is 0.250 e. The van der Waals surface area contributed by atoms with Crippen LogP contribution in [-0.4, -0.2) is 39.5 Å². The van der Waals surface area contributed by atoms with E-state index in [0.717, 1.165) is 34.8 Å². The number of nitrogens with zero attached hydrogens (tertiary/aromatic N) is 4. The lowest BCUT2D eigenvalue weighted by molar-refractivity contribution is -0.115. The van der Waals surface area contributed by atoms with Crippen molar-refractivity contribution in [3.05, 3.63) is 93.1 Å². The highest BCUT2D eigenvalue weighted by Crippen LogP contribution is 2.43. The third kappa shape index (κ3) is 6.32. The number of aryl methyl sites for hydroxylation is 1. The van der Waals surface area contributed by atoms with Gasteiger partial charge in [0.1, 0.15) is 0 Å². The van der Waals surface area contributed by atoms with Crippen LogP contribution < -0.4 is 10.9 Å². The quantitative estimate of drug-likeness (QED) is 0.303. The summed E-state index contributed by atoms with van der Waals surface area (Å²) in [5, 5.41) is 3.46. The van der Waals surface area contributed by atoms with E-state index in [2.05, 4.69) is 53.3 Å². The average Bonchev–Trinajstić information content (AvgIpc) is 3.47. The lowest BCUT2D eigenvalue weighted by atomic mass is 10.0. The summed E-state index contributed by atoms with van der Waals surface area (Å²) in [6.07, 6.45) is 3.12. The molecule has 1 aliphatic rings. The van der Waals surface area contributed by atoms with Crippen LogP contribution in [0, 0.1) is 5.92 Å². The summed E-state index contributed by atoms with van der Waals surface area (Å²) >= 11 is 1.49. The molecule has 4 heterocycles. The highest BCUT2D eigenvalue weighted by Gasteiger charge is 2.36. The Morgan fingerprint density at radius 2 is 1.88 bits per heavy atom. The highest BCUT2D eigenvalue weighted by molar-refractivity contribution is 7.91. The SMILES string of the molecule is CCS(=O)(=O)c1ccc(CC(=O)Nc2nc3c(s2)CN(Cc2ccc(-c4ccn(C)c(=O)c4)cc2)[C@@H]3C(C)C)nc1. The van der Waals surface area contributed by atoms with Crippen LogP contribution in [0.4, 0.5) is 5.13 Å². The molecule has 0 fully saturated rings. The van der Waals surface area contributed by atoms with Gasteiger partial charge in [0.15, 0.2) is 15.0 Å². The van der Waals surface area contributed by atoms with Crippen molar-refractivity contribution in [2.75, 3.05) is 11.1 Å². The predicted molar refractivity (Wildman–Crippen MR) is 160 cm³/mol. The first kappa shape index (κ1) is 28.8. The van der Waals surface area contributed by atoms with Gasteiger partial charge < -0.3 is 9.88 Å². The Labute approximate surface area is 243 Å². The maximum atomic E-state index is 12.7. The summed E-state index contributed by atoms with van der Waals surface area (Å²) in [6, 6.07) is 15.1. The van der Waals surface area contributed by atoms with Gasteiger partial charge in [-0.05, 0) is 40.8 Å². The largest absolute Gasteiger partial charge is 0.319 e. The normalized spacial score (nSPS) is 15.3. The Morgan fingerprint density at radius 3 is 2.51 bits per heavy atom. The molecule has 9 nitrogen and oxygen atoms in total. The standard InChI is InChI=1S/C30H33N5O4S2/c1-5-41(38,39)24-11-10-23(31-16-24)15-26(36)32-30-33-28-25(40-30)18-35(29(28)19(2)3)17-20-6-8-21(9-7-20)22-12-13-34(4)27(37)14-22/h6-14,16,19,29H,5,15,17-18H2,1-4H3,(H,32,33,36)/t29-/m1/s1.